The van der Waals surface area contributed by atoms with Crippen LogP contribution in [0.25, 0.3) is 0 Å². The van der Waals surface area contributed by atoms with Crippen molar-refractivity contribution in [1.29, 1.82) is 0 Å². The molecule has 0 spiro atoms. The van der Waals surface area contributed by atoms with Crippen LogP contribution >= 0.6 is 0 Å². The Balaban J connectivity index is 4.39. The maximum Gasteiger partial charge on any atom is 0.0307 e. The van der Waals surface area contributed by atoms with E-state index in [-0.39, 0.29) is 0 Å². The largest absolute Gasteiger partial charge is 0.389 e. The molecule has 0 aliphatic heterocycles. The quantitative estimate of drug-likeness (QED) is 0.496. The number of nitrogens with one attached hydrogen (secondary N) is 1. The van der Waals surface area contributed by atoms with Gasteiger partial charge < -0.3 is 5.32 Å². The summed E-state index contributed by atoms with van der Waals surface area (Å²) in [6, 6.07) is 1.04. The van der Waals surface area contributed by atoms with E-state index in [1.54, 1.807) is 0 Å². The summed E-state index contributed by atoms with van der Waals surface area (Å²) < 4.78 is 0. The molecule has 2 heteroatoms. The normalized spacial score (nSPS) is 13.2. The summed E-state index contributed by atoms with van der Waals surface area (Å²) in [6.45, 7) is 20.1. The Kier molecular flexibility index (Phi) is 8.01. The predicted molar refractivity (Wildman–Crippen MR) is 82.7 cm³/mol. The van der Waals surface area contributed by atoms with Gasteiger partial charge in [-0.3, -0.25) is 4.90 Å². The van der Waals surface area contributed by atoms with Crippen molar-refractivity contribution in [2.75, 3.05) is 13.6 Å². The van der Waals surface area contributed by atoms with Gasteiger partial charge >= 0.3 is 0 Å². The molecule has 0 radical (unpaired) electrons. The first kappa shape index (κ1) is 17.2. The fourth-order valence-corrected chi connectivity index (χ4v) is 1.99. The summed E-state index contributed by atoms with van der Waals surface area (Å²) in [5.74, 6) is 0.547. The van der Waals surface area contributed by atoms with Gasteiger partial charge in [0.1, 0.15) is 0 Å². The van der Waals surface area contributed by atoms with Crippen LogP contribution in [-0.4, -0.2) is 30.6 Å². The van der Waals surface area contributed by atoms with Gasteiger partial charge in [0.25, 0.3) is 0 Å². The summed E-state index contributed by atoms with van der Waals surface area (Å²) >= 11 is 0. The summed E-state index contributed by atoms with van der Waals surface area (Å²) in [6.07, 6.45) is 2.31. The van der Waals surface area contributed by atoms with Crippen molar-refractivity contribution < 1.29 is 0 Å². The van der Waals surface area contributed by atoms with E-state index in [9.17, 15) is 0 Å². The van der Waals surface area contributed by atoms with Gasteiger partial charge in [-0.05, 0) is 46.6 Å². The first-order valence-electron chi connectivity index (χ1n) is 7.07. The zero-order chi connectivity index (χ0) is 14.3. The van der Waals surface area contributed by atoms with E-state index in [0.717, 1.165) is 25.1 Å². The van der Waals surface area contributed by atoms with Gasteiger partial charge in [-0.15, -0.1) is 0 Å². The standard InChI is InChI=1S/C16H32N2/c1-12(2)15(7)16(18(8)14(5)6)10-9-11-17-13(3)4/h12,14,16-17H,3,7,9-11H2,1-2,4-6,8H3. The number of allylic oxidation sites excluding steroid dienone is 1. The Bertz CT molecular complexity index is 266. The fraction of sp³-hybridized carbons (Fsp3) is 0.750. The highest BCUT2D eigenvalue weighted by molar-refractivity contribution is 5.08. The highest BCUT2D eigenvalue weighted by atomic mass is 15.1. The van der Waals surface area contributed by atoms with E-state index in [1.165, 1.54) is 5.57 Å². The van der Waals surface area contributed by atoms with Crippen molar-refractivity contribution in [3.63, 3.8) is 0 Å². The number of hydrogen-bond acceptors (Lipinski definition) is 2. The highest BCUT2D eigenvalue weighted by Crippen LogP contribution is 2.22. The zero-order valence-electron chi connectivity index (χ0n) is 13.2. The molecule has 1 N–H and O–H groups in total. The van der Waals surface area contributed by atoms with Crippen molar-refractivity contribution in [3.05, 3.63) is 24.4 Å². The van der Waals surface area contributed by atoms with Gasteiger partial charge in [-0.1, -0.05) is 32.6 Å². The summed E-state index contributed by atoms with van der Waals surface area (Å²) in [5, 5.41) is 3.29. The smallest absolute Gasteiger partial charge is 0.0307 e. The molecule has 0 heterocycles. The monoisotopic (exact) mass is 252 g/mol. The Morgan fingerprint density at radius 2 is 1.72 bits per heavy atom. The molecule has 0 aromatic rings. The molecular weight excluding hydrogens is 220 g/mol. The van der Waals surface area contributed by atoms with Crippen LogP contribution in [0.3, 0.4) is 0 Å². The average Bonchev–Trinajstić information content (AvgIpc) is 2.26. The molecule has 0 aromatic heterocycles. The van der Waals surface area contributed by atoms with Crippen molar-refractivity contribution in [1.82, 2.24) is 10.2 Å². The summed E-state index contributed by atoms with van der Waals surface area (Å²) in [5.41, 5.74) is 2.40. The van der Waals surface area contributed by atoms with Gasteiger partial charge in [0.05, 0.1) is 0 Å². The van der Waals surface area contributed by atoms with E-state index in [4.69, 9.17) is 0 Å². The Hall–Kier alpha value is -0.760. The summed E-state index contributed by atoms with van der Waals surface area (Å²) in [4.78, 5) is 2.43. The van der Waals surface area contributed by atoms with Gasteiger partial charge in [-0.25, -0.2) is 0 Å². The van der Waals surface area contributed by atoms with Crippen LogP contribution in [0.15, 0.2) is 24.4 Å². The zero-order valence-corrected chi connectivity index (χ0v) is 13.2. The van der Waals surface area contributed by atoms with Crippen LogP contribution in [0.5, 0.6) is 0 Å². The molecule has 18 heavy (non-hydrogen) atoms. The van der Waals surface area contributed by atoms with Gasteiger partial charge in [-0.2, -0.15) is 0 Å². The van der Waals surface area contributed by atoms with E-state index >= 15 is 0 Å². The molecule has 0 saturated carbocycles. The van der Waals surface area contributed by atoms with E-state index in [1.807, 2.05) is 6.92 Å². The van der Waals surface area contributed by atoms with E-state index < -0.39 is 0 Å². The van der Waals surface area contributed by atoms with Gasteiger partial charge in [0.2, 0.25) is 0 Å². The summed E-state index contributed by atoms with van der Waals surface area (Å²) in [7, 11) is 2.20. The molecule has 0 bridgehead atoms. The lowest BCUT2D eigenvalue weighted by molar-refractivity contribution is 0.201. The molecule has 1 unspecified atom stereocenters. The van der Waals surface area contributed by atoms with Crippen LogP contribution in [0.1, 0.15) is 47.5 Å². The van der Waals surface area contributed by atoms with Gasteiger partial charge in [0.15, 0.2) is 0 Å². The number of nitrogens with zero attached hydrogens (tertiary/aromatic N) is 1. The molecule has 0 aromatic carbocycles. The maximum atomic E-state index is 4.29. The van der Waals surface area contributed by atoms with E-state index in [2.05, 4.69) is 58.1 Å². The lowest BCUT2D eigenvalue weighted by atomic mass is 9.92. The van der Waals surface area contributed by atoms with Crippen molar-refractivity contribution in [2.24, 2.45) is 5.92 Å². The topological polar surface area (TPSA) is 15.3 Å². The number of hydrogen-bond donors (Lipinski definition) is 1. The molecule has 0 rings (SSSR count). The first-order chi connectivity index (χ1) is 8.27. The van der Waals surface area contributed by atoms with Crippen LogP contribution < -0.4 is 5.32 Å². The molecule has 2 nitrogen and oxygen atoms in total. The molecule has 0 aliphatic rings. The average molecular weight is 252 g/mol. The lowest BCUT2D eigenvalue weighted by Crippen LogP contribution is -2.39. The third kappa shape index (κ3) is 6.25. The third-order valence-corrected chi connectivity index (χ3v) is 3.56. The lowest BCUT2D eigenvalue weighted by Gasteiger charge is -2.34. The van der Waals surface area contributed by atoms with Crippen LogP contribution in [0, 0.1) is 5.92 Å². The highest BCUT2D eigenvalue weighted by Gasteiger charge is 2.21. The van der Waals surface area contributed by atoms with Gasteiger partial charge in [0, 0.05) is 24.3 Å². The second kappa shape index (κ2) is 8.36. The molecular formula is C16H32N2. The number of rotatable bonds is 9. The predicted octanol–water partition coefficient (Wildman–Crippen LogP) is 3.81. The fourth-order valence-electron chi connectivity index (χ4n) is 1.99. The maximum absolute atomic E-state index is 4.29. The van der Waals surface area contributed by atoms with Crippen molar-refractivity contribution >= 4 is 0 Å². The van der Waals surface area contributed by atoms with Crippen LogP contribution in [-0.2, 0) is 0 Å². The number of likely N-dealkylation sites (N-methyl/N-ethyl adjacent to an activating group) is 1. The van der Waals surface area contributed by atoms with Crippen molar-refractivity contribution in [2.45, 2.75) is 59.5 Å². The SMILES string of the molecule is C=C(C)NCCCC(C(=C)C(C)C)N(C)C(C)C. The Morgan fingerprint density at radius 3 is 2.11 bits per heavy atom. The second-order valence-electron chi connectivity index (χ2n) is 5.85. The third-order valence-electron chi connectivity index (χ3n) is 3.56. The molecule has 106 valence electrons. The molecule has 1 atom stereocenters. The minimum absolute atomic E-state index is 0.483. The molecule has 0 aliphatic carbocycles. The Labute approximate surface area is 114 Å². The second-order valence-corrected chi connectivity index (χ2v) is 5.85. The Morgan fingerprint density at radius 1 is 1.17 bits per heavy atom. The minimum atomic E-state index is 0.483. The minimum Gasteiger partial charge on any atom is -0.389 e. The van der Waals surface area contributed by atoms with E-state index in [0.29, 0.717) is 18.0 Å². The van der Waals surface area contributed by atoms with Crippen LogP contribution in [0.2, 0.25) is 0 Å². The van der Waals surface area contributed by atoms with Crippen molar-refractivity contribution in [3.8, 4) is 0 Å². The molecule has 0 fully saturated rings. The first-order valence-corrected chi connectivity index (χ1v) is 7.07. The molecule has 0 amide bonds. The van der Waals surface area contributed by atoms with Crippen LogP contribution in [0.4, 0.5) is 0 Å². The molecule has 0 saturated heterocycles.